The lowest BCUT2D eigenvalue weighted by Crippen LogP contribution is -2.00. The SMILES string of the molecule is c1ccc(-c2nc(-c3ccc4c(c3)sc3cccc(-c5nc(-c6ccccc6)c6oc7ccccc7c6n5)c34)nc(-c3cccc4oc5ccccc5c34)n2)cc1. The first-order valence-electron chi connectivity index (χ1n) is 18.7. The molecule has 0 aliphatic rings. The number of hydrogen-bond acceptors (Lipinski definition) is 8. The van der Waals surface area contributed by atoms with E-state index in [4.69, 9.17) is 33.8 Å². The van der Waals surface area contributed by atoms with E-state index in [0.29, 0.717) is 28.9 Å². The zero-order valence-corrected chi connectivity index (χ0v) is 30.9. The average molecular weight is 750 g/mol. The van der Waals surface area contributed by atoms with Crippen LogP contribution >= 0.6 is 11.3 Å². The lowest BCUT2D eigenvalue weighted by atomic mass is 10.0. The number of hydrogen-bond donors (Lipinski definition) is 0. The molecule has 57 heavy (non-hydrogen) atoms. The first-order valence-corrected chi connectivity index (χ1v) is 19.5. The number of nitrogens with zero attached hydrogens (tertiary/aromatic N) is 5. The molecule has 266 valence electrons. The van der Waals surface area contributed by atoms with Crippen molar-refractivity contribution in [1.29, 1.82) is 0 Å². The maximum absolute atomic E-state index is 6.39. The summed E-state index contributed by atoms with van der Waals surface area (Å²) in [5, 5.41) is 5.19. The number of fused-ring (bicyclic) bond motifs is 9. The molecule has 0 fully saturated rings. The molecule has 5 aromatic heterocycles. The van der Waals surface area contributed by atoms with Gasteiger partial charge in [0.15, 0.2) is 28.9 Å². The highest BCUT2D eigenvalue weighted by molar-refractivity contribution is 7.26. The highest BCUT2D eigenvalue weighted by Crippen LogP contribution is 2.43. The molecule has 0 unspecified atom stereocenters. The molecule has 0 N–H and O–H groups in total. The molecule has 0 amide bonds. The number of rotatable bonds is 5. The van der Waals surface area contributed by atoms with E-state index in [2.05, 4.69) is 66.7 Å². The van der Waals surface area contributed by atoms with Gasteiger partial charge in [0.25, 0.3) is 0 Å². The standard InChI is InChI=1S/C49H27N5O2S/c1-3-13-28(14-4-1)43-45-44(32-18-8-10-22-37(32)56-45)51-48(50-43)35-20-12-24-39-42(35)33-26-25-30(27-40(33)57-39)47-52-46(29-15-5-2-6-16-29)53-49(54-47)34-19-11-23-38-41(34)31-17-7-9-21-36(31)55-38/h1-27H. The van der Waals surface area contributed by atoms with Crippen LogP contribution < -0.4 is 0 Å². The first-order chi connectivity index (χ1) is 28.2. The fourth-order valence-electron chi connectivity index (χ4n) is 7.96. The van der Waals surface area contributed by atoms with E-state index in [1.807, 2.05) is 97.1 Å². The summed E-state index contributed by atoms with van der Waals surface area (Å²) in [5.41, 5.74) is 9.29. The van der Waals surface area contributed by atoms with Crippen LogP contribution in [0.15, 0.2) is 173 Å². The van der Waals surface area contributed by atoms with Gasteiger partial charge in [0.2, 0.25) is 0 Å². The maximum Gasteiger partial charge on any atom is 0.180 e. The van der Waals surface area contributed by atoms with Crippen LogP contribution in [0.2, 0.25) is 0 Å². The molecule has 12 rings (SSSR count). The Morgan fingerprint density at radius 2 is 0.982 bits per heavy atom. The van der Waals surface area contributed by atoms with E-state index < -0.39 is 0 Å². The molecule has 8 heteroatoms. The van der Waals surface area contributed by atoms with Crippen LogP contribution in [0.1, 0.15) is 0 Å². The number of benzene rings is 7. The predicted octanol–water partition coefficient (Wildman–Crippen LogP) is 13.2. The minimum atomic E-state index is 0.586. The maximum atomic E-state index is 6.39. The van der Waals surface area contributed by atoms with Crippen molar-refractivity contribution >= 4 is 75.5 Å². The van der Waals surface area contributed by atoms with Gasteiger partial charge in [0, 0.05) is 64.1 Å². The summed E-state index contributed by atoms with van der Waals surface area (Å²) in [6, 6.07) is 55.2. The van der Waals surface area contributed by atoms with E-state index in [9.17, 15) is 0 Å². The van der Waals surface area contributed by atoms with Gasteiger partial charge in [0.1, 0.15) is 28.0 Å². The van der Waals surface area contributed by atoms with Crippen molar-refractivity contribution in [2.45, 2.75) is 0 Å². The minimum Gasteiger partial charge on any atom is -0.456 e. The minimum absolute atomic E-state index is 0.586. The zero-order chi connectivity index (χ0) is 37.5. The molecular weight excluding hydrogens is 723 g/mol. The molecule has 0 atom stereocenters. The van der Waals surface area contributed by atoms with Crippen molar-refractivity contribution in [1.82, 2.24) is 24.9 Å². The van der Waals surface area contributed by atoms with E-state index in [0.717, 1.165) is 92.1 Å². The van der Waals surface area contributed by atoms with Crippen LogP contribution in [0.25, 0.3) is 121 Å². The van der Waals surface area contributed by atoms with Gasteiger partial charge in [-0.15, -0.1) is 11.3 Å². The monoisotopic (exact) mass is 749 g/mol. The molecule has 0 saturated carbocycles. The second-order valence-corrected chi connectivity index (χ2v) is 15.1. The van der Waals surface area contributed by atoms with Crippen molar-refractivity contribution in [2.75, 3.05) is 0 Å². The van der Waals surface area contributed by atoms with Crippen molar-refractivity contribution in [3.05, 3.63) is 164 Å². The molecule has 7 aromatic carbocycles. The topological polar surface area (TPSA) is 90.7 Å². The van der Waals surface area contributed by atoms with Crippen LogP contribution in [0.4, 0.5) is 0 Å². The Morgan fingerprint density at radius 1 is 0.368 bits per heavy atom. The van der Waals surface area contributed by atoms with Crippen LogP contribution in [0, 0.1) is 0 Å². The number of aromatic nitrogens is 5. The van der Waals surface area contributed by atoms with Gasteiger partial charge >= 0.3 is 0 Å². The zero-order valence-electron chi connectivity index (χ0n) is 30.0. The summed E-state index contributed by atoms with van der Waals surface area (Å²) in [5.74, 6) is 2.44. The normalized spacial score (nSPS) is 11.9. The Morgan fingerprint density at radius 3 is 1.79 bits per heavy atom. The van der Waals surface area contributed by atoms with Crippen molar-refractivity contribution in [2.24, 2.45) is 0 Å². The largest absolute Gasteiger partial charge is 0.456 e. The summed E-state index contributed by atoms with van der Waals surface area (Å²) in [4.78, 5) is 25.7. The summed E-state index contributed by atoms with van der Waals surface area (Å²) in [6.07, 6.45) is 0. The fourth-order valence-corrected chi connectivity index (χ4v) is 9.13. The molecule has 0 radical (unpaired) electrons. The molecule has 7 nitrogen and oxygen atoms in total. The van der Waals surface area contributed by atoms with Gasteiger partial charge in [0.05, 0.1) is 0 Å². The van der Waals surface area contributed by atoms with Gasteiger partial charge in [-0.05, 0) is 36.4 Å². The Balaban J connectivity index is 1.05. The first kappa shape index (κ1) is 31.8. The van der Waals surface area contributed by atoms with E-state index in [1.54, 1.807) is 11.3 Å². The van der Waals surface area contributed by atoms with Crippen LogP contribution in [-0.4, -0.2) is 24.9 Å². The van der Waals surface area contributed by atoms with Crippen LogP contribution in [0.3, 0.4) is 0 Å². The summed E-state index contributed by atoms with van der Waals surface area (Å²) in [6.45, 7) is 0. The molecule has 5 heterocycles. The second-order valence-electron chi connectivity index (χ2n) is 14.0. The van der Waals surface area contributed by atoms with E-state index in [-0.39, 0.29) is 0 Å². The molecule has 0 bridgehead atoms. The number of para-hydroxylation sites is 2. The van der Waals surface area contributed by atoms with Gasteiger partial charge < -0.3 is 8.83 Å². The van der Waals surface area contributed by atoms with Crippen molar-refractivity contribution < 1.29 is 8.83 Å². The Bertz CT molecular complexity index is 3540. The fraction of sp³-hybridized carbons (Fsp3) is 0. The summed E-state index contributed by atoms with van der Waals surface area (Å²) >= 11 is 1.74. The number of thiophene rings is 1. The molecular formula is C49H27N5O2S. The predicted molar refractivity (Wildman–Crippen MR) is 230 cm³/mol. The number of furan rings is 2. The highest BCUT2D eigenvalue weighted by atomic mass is 32.1. The quantitative estimate of drug-likeness (QED) is 0.173. The lowest BCUT2D eigenvalue weighted by Gasteiger charge is -2.09. The molecule has 0 spiro atoms. The third-order valence-electron chi connectivity index (χ3n) is 10.6. The second kappa shape index (κ2) is 12.5. The smallest absolute Gasteiger partial charge is 0.180 e. The Hall–Kier alpha value is -7.55. The van der Waals surface area contributed by atoms with Crippen LogP contribution in [-0.2, 0) is 0 Å². The van der Waals surface area contributed by atoms with Gasteiger partial charge in [-0.1, -0.05) is 127 Å². The van der Waals surface area contributed by atoms with Crippen molar-refractivity contribution in [3.63, 3.8) is 0 Å². The van der Waals surface area contributed by atoms with Gasteiger partial charge in [-0.3, -0.25) is 0 Å². The molecule has 12 aromatic rings. The Labute approximate surface area is 328 Å². The molecule has 0 aliphatic heterocycles. The lowest BCUT2D eigenvalue weighted by molar-refractivity contribution is 0.667. The van der Waals surface area contributed by atoms with E-state index >= 15 is 0 Å². The highest BCUT2D eigenvalue weighted by Gasteiger charge is 2.22. The molecule has 0 aliphatic carbocycles. The third kappa shape index (κ3) is 5.08. The van der Waals surface area contributed by atoms with Crippen molar-refractivity contribution in [3.8, 4) is 56.8 Å². The van der Waals surface area contributed by atoms with Crippen LogP contribution in [0.5, 0.6) is 0 Å². The van der Waals surface area contributed by atoms with E-state index in [1.165, 1.54) is 0 Å². The summed E-state index contributed by atoms with van der Waals surface area (Å²) < 4.78 is 14.9. The third-order valence-corrected chi connectivity index (χ3v) is 11.7. The van der Waals surface area contributed by atoms with Gasteiger partial charge in [-0.25, -0.2) is 24.9 Å². The van der Waals surface area contributed by atoms with Gasteiger partial charge in [-0.2, -0.15) is 0 Å². The summed E-state index contributed by atoms with van der Waals surface area (Å²) in [7, 11) is 0. The average Bonchev–Trinajstić information content (AvgIpc) is 3.97. The molecule has 0 saturated heterocycles. The Kier molecular flexibility index (Phi) is 6.96.